The third kappa shape index (κ3) is 2.64. The van der Waals surface area contributed by atoms with Crippen LogP contribution in [0, 0.1) is 12.4 Å². The number of pyridine rings is 1. The highest BCUT2D eigenvalue weighted by Gasteiger charge is 2.11. The van der Waals surface area contributed by atoms with Gasteiger partial charge in [0, 0.05) is 10.6 Å². The van der Waals surface area contributed by atoms with E-state index in [0.29, 0.717) is 34.0 Å². The fourth-order valence-corrected chi connectivity index (χ4v) is 2.89. The van der Waals surface area contributed by atoms with Crippen LogP contribution < -0.4 is 5.73 Å². The van der Waals surface area contributed by atoms with Crippen molar-refractivity contribution in [2.24, 2.45) is 0 Å². The Hall–Kier alpha value is -2.66. The number of nitrogens with two attached hydrogens (primary N) is 1. The predicted octanol–water partition coefficient (Wildman–Crippen LogP) is 2.92. The molecule has 0 radical (unpaired) electrons. The number of hydrogen-bond donors (Lipinski definition) is 2. The summed E-state index contributed by atoms with van der Waals surface area (Å²) in [5.41, 5.74) is 7.82. The lowest BCUT2D eigenvalue weighted by Gasteiger charge is -2.05. The normalized spacial score (nSPS) is 10.7. The van der Waals surface area contributed by atoms with Gasteiger partial charge in [0.2, 0.25) is 5.65 Å². The molecule has 21 heavy (non-hydrogen) atoms. The maximum Gasteiger partial charge on any atom is 0.204 e. The van der Waals surface area contributed by atoms with Crippen LogP contribution in [-0.2, 0) is 5.75 Å². The van der Waals surface area contributed by atoms with E-state index < -0.39 is 0 Å². The third-order valence-corrected chi connectivity index (χ3v) is 3.90. The van der Waals surface area contributed by atoms with Crippen LogP contribution in [0.15, 0.2) is 29.2 Å². The SMILES string of the molecule is [C-]#[N+]c1ccc(F)cc1CSc1cc(N)nc2n[nH]nc12. The van der Waals surface area contributed by atoms with Gasteiger partial charge in [-0.3, -0.25) is 0 Å². The molecule has 0 unspecified atom stereocenters. The Morgan fingerprint density at radius 2 is 2.19 bits per heavy atom. The average Bonchev–Trinajstić information content (AvgIpc) is 2.93. The zero-order chi connectivity index (χ0) is 14.8. The summed E-state index contributed by atoms with van der Waals surface area (Å²) in [5.74, 6) is 0.406. The topological polar surface area (TPSA) is 84.8 Å². The van der Waals surface area contributed by atoms with Crippen molar-refractivity contribution in [2.45, 2.75) is 10.6 Å². The Balaban J connectivity index is 1.92. The van der Waals surface area contributed by atoms with Gasteiger partial charge >= 0.3 is 0 Å². The summed E-state index contributed by atoms with van der Waals surface area (Å²) >= 11 is 1.41. The van der Waals surface area contributed by atoms with E-state index in [4.69, 9.17) is 12.3 Å². The van der Waals surface area contributed by atoms with Gasteiger partial charge in [-0.1, -0.05) is 6.07 Å². The summed E-state index contributed by atoms with van der Waals surface area (Å²) in [6.45, 7) is 7.11. The molecule has 0 amide bonds. The van der Waals surface area contributed by atoms with Crippen molar-refractivity contribution in [3.05, 3.63) is 47.1 Å². The number of benzene rings is 1. The number of H-pyrrole nitrogens is 1. The Bertz CT molecular complexity index is 853. The Morgan fingerprint density at radius 3 is 3.00 bits per heavy atom. The smallest absolute Gasteiger partial charge is 0.204 e. The van der Waals surface area contributed by atoms with E-state index in [0.717, 1.165) is 4.90 Å². The highest BCUT2D eigenvalue weighted by molar-refractivity contribution is 7.98. The number of nitrogens with one attached hydrogen (secondary N) is 1. The van der Waals surface area contributed by atoms with E-state index in [1.165, 1.54) is 30.0 Å². The Kier molecular flexibility index (Phi) is 3.41. The van der Waals surface area contributed by atoms with Crippen LogP contribution in [-0.4, -0.2) is 20.4 Å². The summed E-state index contributed by atoms with van der Waals surface area (Å²) in [4.78, 5) is 8.23. The fourth-order valence-electron chi connectivity index (χ4n) is 1.87. The van der Waals surface area contributed by atoms with Gasteiger partial charge in [-0.2, -0.15) is 10.3 Å². The second kappa shape index (κ2) is 5.38. The highest BCUT2D eigenvalue weighted by Crippen LogP contribution is 2.32. The summed E-state index contributed by atoms with van der Waals surface area (Å²) in [5, 5.41) is 10.4. The molecule has 2 heterocycles. The molecule has 8 heteroatoms. The largest absolute Gasteiger partial charge is 0.384 e. The van der Waals surface area contributed by atoms with Gasteiger partial charge in [0.1, 0.15) is 17.2 Å². The van der Waals surface area contributed by atoms with Crippen LogP contribution >= 0.6 is 11.8 Å². The van der Waals surface area contributed by atoms with Crippen LogP contribution in [0.2, 0.25) is 0 Å². The first-order chi connectivity index (χ1) is 10.2. The summed E-state index contributed by atoms with van der Waals surface area (Å²) in [6.07, 6.45) is 0. The van der Waals surface area contributed by atoms with E-state index in [-0.39, 0.29) is 5.82 Å². The van der Waals surface area contributed by atoms with Crippen LogP contribution in [0.3, 0.4) is 0 Å². The third-order valence-electron chi connectivity index (χ3n) is 2.82. The zero-order valence-corrected chi connectivity index (χ0v) is 11.5. The molecule has 0 aliphatic carbocycles. The molecule has 0 saturated heterocycles. The number of hydrogen-bond acceptors (Lipinski definition) is 5. The molecule has 0 aliphatic heterocycles. The molecule has 104 valence electrons. The molecule has 0 fully saturated rings. The van der Waals surface area contributed by atoms with Crippen LogP contribution in [0.5, 0.6) is 0 Å². The molecule has 3 rings (SSSR count). The molecule has 0 bridgehead atoms. The number of aromatic nitrogens is 4. The summed E-state index contributed by atoms with van der Waals surface area (Å²) in [7, 11) is 0. The molecular weight excluding hydrogens is 291 g/mol. The van der Waals surface area contributed by atoms with Gasteiger partial charge < -0.3 is 5.73 Å². The van der Waals surface area contributed by atoms with Gasteiger partial charge in [-0.05, 0) is 23.8 Å². The molecule has 1 aromatic carbocycles. The minimum absolute atomic E-state index is 0.337. The lowest BCUT2D eigenvalue weighted by atomic mass is 10.2. The van der Waals surface area contributed by atoms with Gasteiger partial charge in [-0.25, -0.2) is 14.2 Å². The Morgan fingerprint density at radius 1 is 1.33 bits per heavy atom. The molecule has 3 aromatic rings. The number of nitrogens with zero attached hydrogens (tertiary/aromatic N) is 4. The monoisotopic (exact) mass is 300 g/mol. The van der Waals surface area contributed by atoms with E-state index in [1.54, 1.807) is 6.07 Å². The fraction of sp³-hybridized carbons (Fsp3) is 0.0769. The summed E-state index contributed by atoms with van der Waals surface area (Å²) in [6, 6.07) is 5.81. The number of fused-ring (bicyclic) bond motifs is 1. The number of aromatic amines is 1. The lowest BCUT2D eigenvalue weighted by molar-refractivity contribution is 0.627. The zero-order valence-electron chi connectivity index (χ0n) is 10.7. The number of nitrogen functional groups attached to an aromatic ring is 1. The van der Waals surface area contributed by atoms with E-state index in [1.807, 2.05) is 0 Å². The standard InChI is InChI=1S/C13H9FN6S/c1-16-9-3-2-8(14)4-7(9)6-21-10-5-11(15)17-13-12(10)18-20-19-13/h2-5H,6H2,(H3,15,17,18,19,20). The minimum Gasteiger partial charge on any atom is -0.384 e. The van der Waals surface area contributed by atoms with Gasteiger partial charge in [0.25, 0.3) is 0 Å². The molecule has 0 atom stereocenters. The Labute approximate surface area is 123 Å². The van der Waals surface area contributed by atoms with Gasteiger partial charge in [0.05, 0.1) is 6.57 Å². The number of halogens is 1. The molecule has 2 aromatic heterocycles. The quantitative estimate of drug-likeness (QED) is 0.574. The van der Waals surface area contributed by atoms with Crippen LogP contribution in [0.1, 0.15) is 5.56 Å². The van der Waals surface area contributed by atoms with Crippen molar-refractivity contribution in [2.75, 3.05) is 5.73 Å². The highest BCUT2D eigenvalue weighted by atomic mass is 32.2. The van der Waals surface area contributed by atoms with Crippen molar-refractivity contribution < 1.29 is 4.39 Å². The number of anilines is 1. The molecule has 0 saturated carbocycles. The van der Waals surface area contributed by atoms with Crippen molar-refractivity contribution >= 4 is 34.4 Å². The minimum atomic E-state index is -0.362. The van der Waals surface area contributed by atoms with Crippen molar-refractivity contribution in [1.29, 1.82) is 0 Å². The van der Waals surface area contributed by atoms with Gasteiger partial charge in [-0.15, -0.1) is 16.9 Å². The van der Waals surface area contributed by atoms with Crippen molar-refractivity contribution in [3.63, 3.8) is 0 Å². The lowest BCUT2D eigenvalue weighted by Crippen LogP contribution is -1.92. The van der Waals surface area contributed by atoms with Crippen LogP contribution in [0.4, 0.5) is 15.9 Å². The summed E-state index contributed by atoms with van der Waals surface area (Å²) < 4.78 is 13.3. The molecule has 3 N–H and O–H groups in total. The van der Waals surface area contributed by atoms with E-state index >= 15 is 0 Å². The average molecular weight is 300 g/mol. The van der Waals surface area contributed by atoms with Crippen LogP contribution in [0.25, 0.3) is 16.0 Å². The van der Waals surface area contributed by atoms with E-state index in [2.05, 4.69) is 25.2 Å². The predicted molar refractivity (Wildman–Crippen MR) is 78.3 cm³/mol. The van der Waals surface area contributed by atoms with Gasteiger partial charge in [0.15, 0.2) is 5.69 Å². The second-order valence-corrected chi connectivity index (χ2v) is 5.23. The first-order valence-electron chi connectivity index (χ1n) is 5.93. The van der Waals surface area contributed by atoms with Crippen molar-refractivity contribution in [1.82, 2.24) is 20.4 Å². The molecule has 0 aliphatic rings. The maximum absolute atomic E-state index is 13.3. The molecule has 6 nitrogen and oxygen atoms in total. The first kappa shape index (κ1) is 13.3. The molecular formula is C13H9FN6S. The number of rotatable bonds is 3. The first-order valence-corrected chi connectivity index (χ1v) is 6.91. The second-order valence-electron chi connectivity index (χ2n) is 4.21. The van der Waals surface area contributed by atoms with E-state index in [9.17, 15) is 4.39 Å². The molecule has 0 spiro atoms. The maximum atomic E-state index is 13.3. The number of thioether (sulfide) groups is 1. The van der Waals surface area contributed by atoms with Crippen molar-refractivity contribution in [3.8, 4) is 0 Å².